The molecule has 0 saturated heterocycles. The second kappa shape index (κ2) is 9.41. The van der Waals surface area contributed by atoms with Crippen LogP contribution in [0.4, 0.5) is 5.69 Å². The van der Waals surface area contributed by atoms with Crippen molar-refractivity contribution < 1.29 is 18.7 Å². The van der Waals surface area contributed by atoms with Crippen LogP contribution >= 0.6 is 0 Å². The predicted molar refractivity (Wildman–Crippen MR) is 107 cm³/mol. The first-order valence-electron chi connectivity index (χ1n) is 9.11. The molecule has 0 aliphatic rings. The summed E-state index contributed by atoms with van der Waals surface area (Å²) in [7, 11) is 0. The molecule has 1 aromatic heterocycles. The topological polar surface area (TPSA) is 80.6 Å². The first-order chi connectivity index (χ1) is 13.7. The average molecular weight is 378 g/mol. The van der Waals surface area contributed by atoms with Gasteiger partial charge in [0.2, 0.25) is 0 Å². The quantitative estimate of drug-likeness (QED) is 0.614. The number of para-hydroxylation sites is 1. The van der Waals surface area contributed by atoms with Crippen molar-refractivity contribution in [1.82, 2.24) is 5.32 Å². The van der Waals surface area contributed by atoms with Crippen LogP contribution in [0.3, 0.4) is 0 Å². The third-order valence-electron chi connectivity index (χ3n) is 3.98. The SMILES string of the molecule is CCCOc1ccccc1C(=O)Nc1cccc(C(=O)NCc2ccco2)c1. The van der Waals surface area contributed by atoms with E-state index in [2.05, 4.69) is 10.6 Å². The van der Waals surface area contributed by atoms with Crippen molar-refractivity contribution in [2.45, 2.75) is 19.9 Å². The Hall–Kier alpha value is -3.54. The molecular weight excluding hydrogens is 356 g/mol. The van der Waals surface area contributed by atoms with Gasteiger partial charge in [0.1, 0.15) is 11.5 Å². The third-order valence-corrected chi connectivity index (χ3v) is 3.98. The van der Waals surface area contributed by atoms with Crippen LogP contribution in [0.15, 0.2) is 71.3 Å². The highest BCUT2D eigenvalue weighted by Gasteiger charge is 2.13. The first-order valence-corrected chi connectivity index (χ1v) is 9.11. The van der Waals surface area contributed by atoms with E-state index in [-0.39, 0.29) is 11.8 Å². The normalized spacial score (nSPS) is 10.3. The van der Waals surface area contributed by atoms with Crippen molar-refractivity contribution >= 4 is 17.5 Å². The minimum Gasteiger partial charge on any atom is -0.493 e. The smallest absolute Gasteiger partial charge is 0.259 e. The Kier molecular flexibility index (Phi) is 6.46. The lowest BCUT2D eigenvalue weighted by Crippen LogP contribution is -2.22. The van der Waals surface area contributed by atoms with E-state index in [1.54, 1.807) is 60.9 Å². The Morgan fingerprint density at radius 2 is 1.86 bits per heavy atom. The van der Waals surface area contributed by atoms with E-state index < -0.39 is 0 Å². The van der Waals surface area contributed by atoms with Gasteiger partial charge >= 0.3 is 0 Å². The van der Waals surface area contributed by atoms with Crippen molar-refractivity contribution in [3.05, 3.63) is 83.8 Å². The maximum absolute atomic E-state index is 12.7. The van der Waals surface area contributed by atoms with E-state index in [4.69, 9.17) is 9.15 Å². The summed E-state index contributed by atoms with van der Waals surface area (Å²) in [5.74, 6) is 0.662. The van der Waals surface area contributed by atoms with E-state index in [9.17, 15) is 9.59 Å². The van der Waals surface area contributed by atoms with Gasteiger partial charge in [-0.15, -0.1) is 0 Å². The molecule has 0 saturated carbocycles. The molecule has 0 fully saturated rings. The molecule has 1 heterocycles. The maximum Gasteiger partial charge on any atom is 0.259 e. The number of carbonyl (C=O) groups excluding carboxylic acids is 2. The Morgan fingerprint density at radius 1 is 1.00 bits per heavy atom. The number of hydrogen-bond acceptors (Lipinski definition) is 4. The van der Waals surface area contributed by atoms with Gasteiger partial charge in [0.05, 0.1) is 25.0 Å². The number of anilines is 1. The molecule has 3 aromatic rings. The highest BCUT2D eigenvalue weighted by molar-refractivity contribution is 6.06. The lowest BCUT2D eigenvalue weighted by molar-refractivity contribution is 0.0946. The number of amides is 2. The summed E-state index contributed by atoms with van der Waals surface area (Å²) in [6.07, 6.45) is 2.41. The molecule has 0 spiro atoms. The molecule has 0 atom stereocenters. The summed E-state index contributed by atoms with van der Waals surface area (Å²) in [5, 5.41) is 5.60. The molecule has 2 N–H and O–H groups in total. The number of hydrogen-bond donors (Lipinski definition) is 2. The molecule has 28 heavy (non-hydrogen) atoms. The van der Waals surface area contributed by atoms with E-state index in [1.807, 2.05) is 13.0 Å². The molecule has 2 amide bonds. The first kappa shape index (κ1) is 19.2. The number of rotatable bonds is 8. The number of ether oxygens (including phenoxy) is 1. The second-order valence-corrected chi connectivity index (χ2v) is 6.14. The van der Waals surface area contributed by atoms with Crippen molar-refractivity contribution in [3.63, 3.8) is 0 Å². The third kappa shape index (κ3) is 5.01. The zero-order valence-corrected chi connectivity index (χ0v) is 15.6. The number of furan rings is 1. The van der Waals surface area contributed by atoms with Crippen LogP contribution in [-0.4, -0.2) is 18.4 Å². The fourth-order valence-corrected chi connectivity index (χ4v) is 2.61. The van der Waals surface area contributed by atoms with Gasteiger partial charge in [0, 0.05) is 11.3 Å². The Balaban J connectivity index is 1.67. The average Bonchev–Trinajstić information content (AvgIpc) is 3.24. The number of carbonyl (C=O) groups is 2. The molecule has 0 unspecified atom stereocenters. The zero-order valence-electron chi connectivity index (χ0n) is 15.6. The monoisotopic (exact) mass is 378 g/mol. The Labute approximate surface area is 163 Å². The van der Waals surface area contributed by atoms with Gasteiger partial charge in [0.25, 0.3) is 11.8 Å². The molecule has 0 aliphatic carbocycles. The van der Waals surface area contributed by atoms with Crippen LogP contribution in [0.25, 0.3) is 0 Å². The zero-order chi connectivity index (χ0) is 19.8. The lowest BCUT2D eigenvalue weighted by atomic mass is 10.1. The molecule has 0 bridgehead atoms. The Bertz CT molecular complexity index is 935. The van der Waals surface area contributed by atoms with Crippen LogP contribution in [0.2, 0.25) is 0 Å². The molecule has 6 nitrogen and oxygen atoms in total. The van der Waals surface area contributed by atoms with E-state index in [1.165, 1.54) is 0 Å². The van der Waals surface area contributed by atoms with Crippen molar-refractivity contribution in [2.24, 2.45) is 0 Å². The van der Waals surface area contributed by atoms with E-state index in [0.717, 1.165) is 6.42 Å². The van der Waals surface area contributed by atoms with E-state index >= 15 is 0 Å². The fraction of sp³-hybridized carbons (Fsp3) is 0.182. The summed E-state index contributed by atoms with van der Waals surface area (Å²) in [6, 6.07) is 17.4. The summed E-state index contributed by atoms with van der Waals surface area (Å²) >= 11 is 0. The molecule has 2 aromatic carbocycles. The molecule has 6 heteroatoms. The molecule has 144 valence electrons. The molecule has 3 rings (SSSR count). The van der Waals surface area contributed by atoms with Gasteiger partial charge in [0.15, 0.2) is 0 Å². The predicted octanol–water partition coefficient (Wildman–Crippen LogP) is 4.25. The number of benzene rings is 2. The highest BCUT2D eigenvalue weighted by Crippen LogP contribution is 2.20. The van der Waals surface area contributed by atoms with Crippen molar-refractivity contribution in [3.8, 4) is 5.75 Å². The molecule has 0 radical (unpaired) electrons. The van der Waals surface area contributed by atoms with Crippen molar-refractivity contribution in [2.75, 3.05) is 11.9 Å². The van der Waals surface area contributed by atoms with E-state index in [0.29, 0.717) is 41.5 Å². The highest BCUT2D eigenvalue weighted by atomic mass is 16.5. The standard InChI is InChI=1S/C22H22N2O4/c1-2-12-28-20-11-4-3-10-19(20)22(26)24-17-8-5-7-16(14-17)21(25)23-15-18-9-6-13-27-18/h3-11,13-14H,2,12,15H2,1H3,(H,23,25)(H,24,26). The summed E-state index contributed by atoms with van der Waals surface area (Å²) < 4.78 is 10.8. The lowest BCUT2D eigenvalue weighted by Gasteiger charge is -2.12. The van der Waals surface area contributed by atoms with Crippen LogP contribution in [0.5, 0.6) is 5.75 Å². The summed E-state index contributed by atoms with van der Waals surface area (Å²) in [6.45, 7) is 2.84. The molecule has 0 aliphatic heterocycles. The minimum absolute atomic E-state index is 0.251. The summed E-state index contributed by atoms with van der Waals surface area (Å²) in [5.41, 5.74) is 1.42. The fourth-order valence-electron chi connectivity index (χ4n) is 2.61. The summed E-state index contributed by atoms with van der Waals surface area (Å²) in [4.78, 5) is 25.0. The van der Waals surface area contributed by atoms with Crippen molar-refractivity contribution in [1.29, 1.82) is 0 Å². The van der Waals surface area contributed by atoms with Gasteiger partial charge in [-0.25, -0.2) is 0 Å². The second-order valence-electron chi connectivity index (χ2n) is 6.14. The van der Waals surface area contributed by atoms with Crippen LogP contribution in [0, 0.1) is 0 Å². The molecular formula is C22H22N2O4. The maximum atomic E-state index is 12.7. The van der Waals surface area contributed by atoms with Gasteiger partial charge in [-0.1, -0.05) is 25.1 Å². The van der Waals surface area contributed by atoms with Gasteiger partial charge in [-0.3, -0.25) is 9.59 Å². The van der Waals surface area contributed by atoms with Crippen LogP contribution < -0.4 is 15.4 Å². The van der Waals surface area contributed by atoms with Crippen LogP contribution in [-0.2, 0) is 6.54 Å². The minimum atomic E-state index is -0.292. The van der Waals surface area contributed by atoms with Crippen LogP contribution in [0.1, 0.15) is 39.8 Å². The largest absolute Gasteiger partial charge is 0.493 e. The number of nitrogens with one attached hydrogen (secondary N) is 2. The Morgan fingerprint density at radius 3 is 2.64 bits per heavy atom. The van der Waals surface area contributed by atoms with Gasteiger partial charge < -0.3 is 19.8 Å². The van der Waals surface area contributed by atoms with Gasteiger partial charge in [-0.05, 0) is 48.9 Å². The van der Waals surface area contributed by atoms with Gasteiger partial charge in [-0.2, -0.15) is 0 Å².